The predicted octanol–water partition coefficient (Wildman–Crippen LogP) is 2.53. The second kappa shape index (κ2) is 9.78. The van der Waals surface area contributed by atoms with E-state index in [1.54, 1.807) is 19.0 Å². The molecule has 1 aromatic rings. The van der Waals surface area contributed by atoms with Crippen molar-refractivity contribution in [3.05, 3.63) is 35.4 Å². The first-order chi connectivity index (χ1) is 11.5. The Morgan fingerprint density at radius 1 is 1.16 bits per heavy atom. The quantitative estimate of drug-likeness (QED) is 0.840. The molecule has 25 heavy (non-hydrogen) atoms. The smallest absolute Gasteiger partial charge is 0.253 e. The SMILES string of the molecule is CCN(Cc1ccc(C(=O)N(C)C)cc1)C(=O)[C@@H]1CCC[C@@H]1CN.Cl. The van der Waals surface area contributed by atoms with Gasteiger partial charge in [-0.25, -0.2) is 0 Å². The zero-order chi connectivity index (χ0) is 17.7. The molecule has 1 aromatic carbocycles. The van der Waals surface area contributed by atoms with Crippen LogP contribution in [0.25, 0.3) is 0 Å². The van der Waals surface area contributed by atoms with E-state index in [4.69, 9.17) is 5.73 Å². The Kier molecular flexibility index (Phi) is 8.39. The number of hydrogen-bond acceptors (Lipinski definition) is 3. The fourth-order valence-electron chi connectivity index (χ4n) is 3.46. The summed E-state index contributed by atoms with van der Waals surface area (Å²) in [5, 5.41) is 0. The van der Waals surface area contributed by atoms with Crippen LogP contribution in [-0.4, -0.2) is 48.8 Å². The van der Waals surface area contributed by atoms with E-state index >= 15 is 0 Å². The molecule has 0 unspecified atom stereocenters. The molecule has 2 amide bonds. The van der Waals surface area contributed by atoms with Crippen molar-refractivity contribution >= 4 is 24.2 Å². The lowest BCUT2D eigenvalue weighted by Crippen LogP contribution is -2.38. The lowest BCUT2D eigenvalue weighted by atomic mass is 9.94. The minimum atomic E-state index is -0.0123. The molecule has 1 aliphatic carbocycles. The maximum Gasteiger partial charge on any atom is 0.253 e. The van der Waals surface area contributed by atoms with Crippen molar-refractivity contribution in [2.24, 2.45) is 17.6 Å². The van der Waals surface area contributed by atoms with Gasteiger partial charge < -0.3 is 15.5 Å². The van der Waals surface area contributed by atoms with Crippen molar-refractivity contribution in [2.45, 2.75) is 32.7 Å². The molecular weight excluding hydrogens is 338 g/mol. The van der Waals surface area contributed by atoms with Gasteiger partial charge in [-0.05, 0) is 49.9 Å². The molecular formula is C19H30ClN3O2. The highest BCUT2D eigenvalue weighted by Gasteiger charge is 2.34. The molecule has 0 spiro atoms. The third kappa shape index (κ3) is 5.19. The van der Waals surface area contributed by atoms with Gasteiger partial charge in [0.2, 0.25) is 5.91 Å². The number of carbonyl (C=O) groups is 2. The van der Waals surface area contributed by atoms with Gasteiger partial charge >= 0.3 is 0 Å². The van der Waals surface area contributed by atoms with Gasteiger partial charge in [0.1, 0.15) is 0 Å². The Balaban J connectivity index is 0.00000312. The monoisotopic (exact) mass is 367 g/mol. The van der Waals surface area contributed by atoms with E-state index in [0.717, 1.165) is 24.8 Å². The lowest BCUT2D eigenvalue weighted by Gasteiger charge is -2.27. The average molecular weight is 368 g/mol. The van der Waals surface area contributed by atoms with Crippen molar-refractivity contribution in [1.29, 1.82) is 0 Å². The van der Waals surface area contributed by atoms with E-state index in [9.17, 15) is 9.59 Å². The number of rotatable bonds is 6. The molecule has 0 bridgehead atoms. The van der Waals surface area contributed by atoms with Crippen LogP contribution in [0.1, 0.15) is 42.1 Å². The third-order valence-electron chi connectivity index (χ3n) is 4.95. The molecule has 0 aromatic heterocycles. The maximum absolute atomic E-state index is 12.8. The first-order valence-corrected chi connectivity index (χ1v) is 8.77. The van der Waals surface area contributed by atoms with Crippen LogP contribution in [0.2, 0.25) is 0 Å². The van der Waals surface area contributed by atoms with Crippen LogP contribution in [0.15, 0.2) is 24.3 Å². The first kappa shape index (κ1) is 21.5. The average Bonchev–Trinajstić information content (AvgIpc) is 3.07. The Morgan fingerprint density at radius 2 is 1.80 bits per heavy atom. The van der Waals surface area contributed by atoms with Crippen molar-refractivity contribution in [1.82, 2.24) is 9.80 Å². The highest BCUT2D eigenvalue weighted by Crippen LogP contribution is 2.32. The number of carbonyl (C=O) groups excluding carboxylic acids is 2. The molecule has 1 fully saturated rings. The van der Waals surface area contributed by atoms with Gasteiger partial charge in [-0.2, -0.15) is 0 Å². The minimum Gasteiger partial charge on any atom is -0.345 e. The fourth-order valence-corrected chi connectivity index (χ4v) is 3.46. The number of amides is 2. The second-order valence-corrected chi connectivity index (χ2v) is 6.78. The first-order valence-electron chi connectivity index (χ1n) is 8.77. The van der Waals surface area contributed by atoms with Crippen LogP contribution >= 0.6 is 12.4 Å². The summed E-state index contributed by atoms with van der Waals surface area (Å²) >= 11 is 0. The van der Waals surface area contributed by atoms with E-state index in [2.05, 4.69) is 0 Å². The van der Waals surface area contributed by atoms with Crippen LogP contribution in [0, 0.1) is 11.8 Å². The van der Waals surface area contributed by atoms with E-state index in [1.165, 1.54) is 0 Å². The zero-order valence-electron chi connectivity index (χ0n) is 15.4. The van der Waals surface area contributed by atoms with Crippen molar-refractivity contribution in [3.63, 3.8) is 0 Å². The number of hydrogen-bond donors (Lipinski definition) is 1. The van der Waals surface area contributed by atoms with Gasteiger partial charge in [-0.15, -0.1) is 12.4 Å². The highest BCUT2D eigenvalue weighted by atomic mass is 35.5. The molecule has 140 valence electrons. The summed E-state index contributed by atoms with van der Waals surface area (Å²) in [6, 6.07) is 7.52. The number of benzene rings is 1. The summed E-state index contributed by atoms with van der Waals surface area (Å²) in [4.78, 5) is 28.2. The van der Waals surface area contributed by atoms with E-state index in [0.29, 0.717) is 31.1 Å². The maximum atomic E-state index is 12.8. The zero-order valence-corrected chi connectivity index (χ0v) is 16.2. The van der Waals surface area contributed by atoms with Crippen molar-refractivity contribution in [2.75, 3.05) is 27.2 Å². The van der Waals surface area contributed by atoms with Crippen molar-refractivity contribution < 1.29 is 9.59 Å². The Labute approximate surface area is 157 Å². The van der Waals surface area contributed by atoms with Crippen LogP contribution in [0.5, 0.6) is 0 Å². The molecule has 0 aliphatic heterocycles. The topological polar surface area (TPSA) is 66.6 Å². The Bertz CT molecular complexity index is 575. The van der Waals surface area contributed by atoms with Crippen molar-refractivity contribution in [3.8, 4) is 0 Å². The van der Waals surface area contributed by atoms with Gasteiger partial charge in [0.05, 0.1) is 0 Å². The Morgan fingerprint density at radius 3 is 2.32 bits per heavy atom. The lowest BCUT2D eigenvalue weighted by molar-refractivity contribution is -0.137. The van der Waals surface area contributed by atoms with E-state index in [1.807, 2.05) is 36.1 Å². The van der Waals surface area contributed by atoms with Gasteiger partial charge in [0.25, 0.3) is 5.91 Å². The Hall–Kier alpha value is -1.59. The molecule has 1 aliphatic rings. The van der Waals surface area contributed by atoms with Gasteiger partial charge in [0, 0.05) is 38.7 Å². The highest BCUT2D eigenvalue weighted by molar-refractivity contribution is 5.93. The van der Waals surface area contributed by atoms with Gasteiger partial charge in [-0.1, -0.05) is 18.6 Å². The van der Waals surface area contributed by atoms with Gasteiger partial charge in [0.15, 0.2) is 0 Å². The number of nitrogens with two attached hydrogens (primary N) is 1. The summed E-state index contributed by atoms with van der Waals surface area (Å²) in [6.07, 6.45) is 3.11. The molecule has 0 heterocycles. The summed E-state index contributed by atoms with van der Waals surface area (Å²) in [7, 11) is 3.48. The molecule has 2 atom stereocenters. The molecule has 1 saturated carbocycles. The third-order valence-corrected chi connectivity index (χ3v) is 4.95. The molecule has 5 nitrogen and oxygen atoms in total. The molecule has 0 saturated heterocycles. The van der Waals surface area contributed by atoms with Gasteiger partial charge in [-0.3, -0.25) is 9.59 Å². The summed E-state index contributed by atoms with van der Waals surface area (Å²) < 4.78 is 0. The van der Waals surface area contributed by atoms with E-state index < -0.39 is 0 Å². The number of halogens is 1. The summed E-state index contributed by atoms with van der Waals surface area (Å²) in [6.45, 7) is 3.87. The molecule has 0 radical (unpaired) electrons. The summed E-state index contributed by atoms with van der Waals surface area (Å²) in [5.41, 5.74) is 7.53. The van der Waals surface area contributed by atoms with Crippen LogP contribution in [0.3, 0.4) is 0 Å². The molecule has 2 N–H and O–H groups in total. The standard InChI is InChI=1S/C19H29N3O2.ClH/c1-4-22(19(24)17-7-5-6-16(17)12-20)13-14-8-10-15(11-9-14)18(23)21(2)3;/h8-11,16-17H,4-7,12-13,20H2,1-3H3;1H/t16-,17-;/m1./s1. The molecule has 6 heteroatoms. The normalized spacial score (nSPS) is 19.2. The minimum absolute atomic E-state index is 0. The predicted molar refractivity (Wildman–Crippen MR) is 103 cm³/mol. The largest absolute Gasteiger partial charge is 0.345 e. The summed E-state index contributed by atoms with van der Waals surface area (Å²) in [5.74, 6) is 0.608. The fraction of sp³-hybridized carbons (Fsp3) is 0.579. The number of nitrogens with zero attached hydrogens (tertiary/aromatic N) is 2. The van der Waals surface area contributed by atoms with Crippen LogP contribution in [0.4, 0.5) is 0 Å². The van der Waals surface area contributed by atoms with Crippen LogP contribution in [-0.2, 0) is 11.3 Å². The molecule has 2 rings (SSSR count). The van der Waals surface area contributed by atoms with E-state index in [-0.39, 0.29) is 30.1 Å². The second-order valence-electron chi connectivity index (χ2n) is 6.78. The van der Waals surface area contributed by atoms with Crippen LogP contribution < -0.4 is 5.73 Å².